The number of hydrogen-bond acceptors (Lipinski definition) is 11. The van der Waals surface area contributed by atoms with Gasteiger partial charge < -0.3 is 19.9 Å². The lowest BCUT2D eigenvalue weighted by Crippen LogP contribution is -2.35. The van der Waals surface area contributed by atoms with Gasteiger partial charge in [-0.3, -0.25) is 19.0 Å². The molecule has 4 heterocycles. The molecule has 64 heavy (non-hydrogen) atoms. The van der Waals surface area contributed by atoms with Crippen molar-refractivity contribution in [3.8, 4) is 12.0 Å². The first-order chi connectivity index (χ1) is 30.0. The summed E-state index contributed by atoms with van der Waals surface area (Å²) in [5.74, 6) is 1.28. The van der Waals surface area contributed by atoms with E-state index in [1.807, 2.05) is 68.8 Å². The second-order valence-corrected chi connectivity index (χ2v) is 20.1. The number of aryl methyl sites for hydroxylation is 2. The van der Waals surface area contributed by atoms with Crippen LogP contribution in [-0.2, 0) is 34.1 Å². The van der Waals surface area contributed by atoms with Crippen molar-refractivity contribution < 1.29 is 36.0 Å². The van der Waals surface area contributed by atoms with Crippen molar-refractivity contribution in [2.24, 2.45) is 19.2 Å². The van der Waals surface area contributed by atoms with Crippen molar-refractivity contribution in [3.63, 3.8) is 0 Å². The van der Waals surface area contributed by atoms with Crippen molar-refractivity contribution in [3.05, 3.63) is 82.2 Å². The molecule has 0 unspecified atom stereocenters. The van der Waals surface area contributed by atoms with E-state index in [0.29, 0.717) is 43.7 Å². The number of rotatable bonds is 11. The van der Waals surface area contributed by atoms with E-state index in [9.17, 15) is 31.2 Å². The zero-order chi connectivity index (χ0) is 47.7. The van der Waals surface area contributed by atoms with Gasteiger partial charge in [0.05, 0.1) is 0 Å². The highest BCUT2D eigenvalue weighted by atomic mass is 32.2. The van der Waals surface area contributed by atoms with Gasteiger partial charge in [-0.05, 0) is 71.6 Å². The Balaban J connectivity index is 0.000000235. The quantitative estimate of drug-likeness (QED) is 0.137. The second kappa shape index (κ2) is 21.7. The first kappa shape index (κ1) is 50.9. The maximum atomic E-state index is 12.8. The number of urea groups is 1. The third-order valence-electron chi connectivity index (χ3n) is 10.8. The fraction of sp³-hybridized carbons (Fsp3) is 0.500. The average Bonchev–Trinajstić information content (AvgIpc) is 4.06. The molecule has 2 fully saturated rings. The molecule has 2 aliphatic heterocycles. The fourth-order valence-corrected chi connectivity index (χ4v) is 8.78. The second-order valence-electron chi connectivity index (χ2n) is 17.0. The molecule has 0 spiro atoms. The summed E-state index contributed by atoms with van der Waals surface area (Å²) in [7, 11) is -5.10. The van der Waals surface area contributed by atoms with Crippen molar-refractivity contribution in [2.45, 2.75) is 115 Å². The number of anilines is 1. The molecule has 2 aliphatic rings. The van der Waals surface area contributed by atoms with E-state index in [1.165, 1.54) is 35.6 Å². The standard InChI is InChI=1S/C22H31N5O4S.C13H17NO.C9H14N4O3S/c1-14(2)16-9-8-10-17(15(3)4)20(16)23-22(29)25-32(30,31)19-13-18(26(5)24-19)21(28)27-11-6-7-12-27;1-9(2)11-6-5-7-12(10(3)4)13(11)15-8-14;1-12-7(6-8(11-12)17(10,15)16)9(14)13-4-2-3-5-13/h8-10,13-15H,6-7,11-12H2,1-5H3,(H2,23,25,29);5-7,9-10H,1-4H3;6H,2-5H2,1H3,(H2,10,15,16). The number of sulfonamides is 2. The first-order valence-corrected chi connectivity index (χ1v) is 24.4. The summed E-state index contributed by atoms with van der Waals surface area (Å²) in [6.07, 6.45) is 5.58. The molecule has 18 nitrogen and oxygen atoms in total. The molecule has 0 saturated carbocycles. The summed E-state index contributed by atoms with van der Waals surface area (Å²) in [5, 5.41) is 23.4. The minimum atomic E-state index is -4.27. The van der Waals surface area contributed by atoms with Crippen LogP contribution < -0.4 is 19.9 Å². The number of aromatic nitrogens is 4. The molecule has 2 aromatic carbocycles. The number of nitriles is 1. The molecular formula is C44H62N10O8S2. The minimum Gasteiger partial charge on any atom is -0.387 e. The lowest BCUT2D eigenvalue weighted by molar-refractivity contribution is 0.0774. The highest BCUT2D eigenvalue weighted by Crippen LogP contribution is 2.35. The third-order valence-corrected chi connectivity index (χ3v) is 12.8. The van der Waals surface area contributed by atoms with Crippen LogP contribution in [-0.4, -0.2) is 90.2 Å². The van der Waals surface area contributed by atoms with E-state index in [0.717, 1.165) is 53.7 Å². The fourth-order valence-electron chi connectivity index (χ4n) is 7.37. The van der Waals surface area contributed by atoms with Crippen molar-refractivity contribution in [1.29, 1.82) is 5.26 Å². The number of nitrogens with zero attached hydrogens (tertiary/aromatic N) is 7. The van der Waals surface area contributed by atoms with Gasteiger partial charge in [0, 0.05) is 58.1 Å². The first-order valence-electron chi connectivity index (χ1n) is 21.3. The van der Waals surface area contributed by atoms with Crippen LogP contribution in [0.1, 0.15) is 148 Å². The van der Waals surface area contributed by atoms with E-state index in [1.54, 1.807) is 16.1 Å². The van der Waals surface area contributed by atoms with Crippen LogP contribution in [0.15, 0.2) is 58.6 Å². The van der Waals surface area contributed by atoms with Crippen LogP contribution in [0, 0.1) is 11.5 Å². The maximum absolute atomic E-state index is 12.8. The summed E-state index contributed by atoms with van der Waals surface area (Å²) in [4.78, 5) is 40.7. The third kappa shape index (κ3) is 12.7. The summed E-state index contributed by atoms with van der Waals surface area (Å²) >= 11 is 0. The number of likely N-dealkylation sites (tertiary alicyclic amines) is 2. The topological polar surface area (TPSA) is 245 Å². The Morgan fingerprint density at radius 3 is 1.41 bits per heavy atom. The molecule has 4 amide bonds. The van der Waals surface area contributed by atoms with Gasteiger partial charge >= 0.3 is 6.03 Å². The summed E-state index contributed by atoms with van der Waals surface area (Å²) in [6.45, 7) is 19.1. The van der Waals surface area contributed by atoms with Gasteiger partial charge in [-0.2, -0.15) is 18.6 Å². The van der Waals surface area contributed by atoms with Crippen LogP contribution in [0.5, 0.6) is 5.75 Å². The van der Waals surface area contributed by atoms with Crippen molar-refractivity contribution >= 4 is 43.6 Å². The van der Waals surface area contributed by atoms with Crippen molar-refractivity contribution in [1.82, 2.24) is 34.1 Å². The van der Waals surface area contributed by atoms with E-state index >= 15 is 0 Å². The van der Waals surface area contributed by atoms with Gasteiger partial charge in [-0.25, -0.2) is 23.1 Å². The van der Waals surface area contributed by atoms with Crippen LogP contribution in [0.3, 0.4) is 0 Å². The molecule has 6 rings (SSSR count). The Labute approximate surface area is 377 Å². The Morgan fingerprint density at radius 1 is 0.672 bits per heavy atom. The zero-order valence-electron chi connectivity index (χ0n) is 38.4. The number of ether oxygens (including phenoxy) is 1. The molecule has 4 aromatic rings. The SMILES string of the molecule is CC(C)c1cccc(C(C)C)c1NC(=O)NS(=O)(=O)c1cc(C(=O)N2CCCC2)n(C)n1.CC(C)c1cccc(C(C)C)c1OC#N.Cn1nc(S(N)(=O)=O)cc1C(=O)N1CCCC1. The minimum absolute atomic E-state index is 0.135. The number of primary sulfonamides is 1. The monoisotopic (exact) mass is 922 g/mol. The number of hydrogen-bond donors (Lipinski definition) is 3. The van der Waals surface area contributed by atoms with E-state index in [4.69, 9.17) is 15.1 Å². The summed E-state index contributed by atoms with van der Waals surface area (Å²) < 4.78 is 57.5. The molecule has 0 bridgehead atoms. The Kier molecular flexibility index (Phi) is 17.3. The van der Waals surface area contributed by atoms with Gasteiger partial charge in [0.2, 0.25) is 0 Å². The lowest BCUT2D eigenvalue weighted by atomic mass is 9.93. The number of carbonyl (C=O) groups excluding carboxylic acids is 3. The lowest BCUT2D eigenvalue weighted by Gasteiger charge is -2.20. The molecule has 0 radical (unpaired) electrons. The van der Waals surface area contributed by atoms with E-state index in [2.05, 4.69) is 43.2 Å². The Bertz CT molecular complexity index is 2510. The van der Waals surface area contributed by atoms with Gasteiger partial charge in [0.25, 0.3) is 38.1 Å². The molecule has 348 valence electrons. The number of para-hydroxylation sites is 2. The Morgan fingerprint density at radius 2 is 1.05 bits per heavy atom. The highest BCUT2D eigenvalue weighted by molar-refractivity contribution is 7.90. The Hall–Kier alpha value is -5.78. The van der Waals surface area contributed by atoms with Crippen molar-refractivity contribution in [2.75, 3.05) is 31.5 Å². The van der Waals surface area contributed by atoms with Crippen LogP contribution in [0.25, 0.3) is 0 Å². The smallest absolute Gasteiger partial charge is 0.333 e. The molecule has 0 aliphatic carbocycles. The summed E-state index contributed by atoms with van der Waals surface area (Å²) in [5.41, 5.74) is 5.05. The zero-order valence-corrected chi connectivity index (χ0v) is 40.0. The molecule has 2 aromatic heterocycles. The van der Waals surface area contributed by atoms with Crippen LogP contribution in [0.4, 0.5) is 10.5 Å². The molecular weight excluding hydrogens is 861 g/mol. The summed E-state index contributed by atoms with van der Waals surface area (Å²) in [6, 6.07) is 13.4. The van der Waals surface area contributed by atoms with Crippen LogP contribution >= 0.6 is 0 Å². The van der Waals surface area contributed by atoms with Gasteiger partial charge in [-0.15, -0.1) is 5.26 Å². The number of nitrogens with two attached hydrogens (primary N) is 1. The normalized spacial score (nSPS) is 14.0. The van der Waals surface area contributed by atoms with E-state index in [-0.39, 0.29) is 45.1 Å². The largest absolute Gasteiger partial charge is 0.387 e. The predicted molar refractivity (Wildman–Crippen MR) is 243 cm³/mol. The molecule has 0 atom stereocenters. The predicted octanol–water partition coefficient (Wildman–Crippen LogP) is 6.51. The molecule has 20 heteroatoms. The van der Waals surface area contributed by atoms with Gasteiger partial charge in [0.15, 0.2) is 10.1 Å². The van der Waals surface area contributed by atoms with Gasteiger partial charge in [0.1, 0.15) is 17.1 Å². The van der Waals surface area contributed by atoms with Crippen LogP contribution in [0.2, 0.25) is 0 Å². The number of benzene rings is 2. The van der Waals surface area contributed by atoms with E-state index < -0.39 is 26.1 Å². The number of carbonyl (C=O) groups is 3. The molecule has 4 N–H and O–H groups in total. The van der Waals surface area contributed by atoms with Gasteiger partial charge in [-0.1, -0.05) is 91.8 Å². The average molecular weight is 923 g/mol. The highest BCUT2D eigenvalue weighted by Gasteiger charge is 2.29. The number of amides is 4. The maximum Gasteiger partial charge on any atom is 0.333 e. The number of nitrogens with one attached hydrogen (secondary N) is 2. The molecule has 2 saturated heterocycles.